The molecule has 0 spiro atoms. The van der Waals surface area contributed by atoms with Gasteiger partial charge in [-0.2, -0.15) is 0 Å². The van der Waals surface area contributed by atoms with E-state index in [4.69, 9.17) is 0 Å². The average molecular weight is 192 g/mol. The van der Waals surface area contributed by atoms with Gasteiger partial charge < -0.3 is 4.98 Å². The van der Waals surface area contributed by atoms with Crippen molar-refractivity contribution in [3.8, 4) is 0 Å². The highest BCUT2D eigenvalue weighted by Gasteiger charge is 2.29. The molecule has 2 heterocycles. The van der Waals surface area contributed by atoms with Crippen molar-refractivity contribution < 1.29 is 0 Å². The van der Waals surface area contributed by atoms with E-state index < -0.39 is 0 Å². The Balaban J connectivity index is 2.30. The van der Waals surface area contributed by atoms with Crippen molar-refractivity contribution in [2.75, 3.05) is 7.05 Å². The van der Waals surface area contributed by atoms with E-state index in [1.807, 2.05) is 0 Å². The molecule has 2 nitrogen and oxygen atoms in total. The predicted octanol–water partition coefficient (Wildman–Crippen LogP) is 2.73. The fourth-order valence-corrected chi connectivity index (χ4v) is 2.50. The Morgan fingerprint density at radius 2 is 2.36 bits per heavy atom. The van der Waals surface area contributed by atoms with Crippen molar-refractivity contribution in [1.29, 1.82) is 0 Å². The Morgan fingerprint density at radius 1 is 1.57 bits per heavy atom. The van der Waals surface area contributed by atoms with E-state index in [0.29, 0.717) is 12.1 Å². The molecular weight excluding hydrogens is 172 g/mol. The van der Waals surface area contributed by atoms with Gasteiger partial charge in [-0.1, -0.05) is 13.3 Å². The minimum atomic E-state index is 0.630. The molecule has 78 valence electrons. The van der Waals surface area contributed by atoms with E-state index in [1.165, 1.54) is 30.5 Å². The molecule has 2 atom stereocenters. The average Bonchev–Trinajstić information content (AvgIpc) is 2.60. The standard InChI is InChI=1S/C12H20N2/c1-4-5-12-10-6-7-13-11(10)8-9(2)14(12)3/h6-7,9,12-13H,4-5,8H2,1-3H3. The van der Waals surface area contributed by atoms with Gasteiger partial charge in [-0.25, -0.2) is 0 Å². The maximum atomic E-state index is 3.37. The molecular formula is C12H20N2. The van der Waals surface area contributed by atoms with Crippen LogP contribution in [0.5, 0.6) is 0 Å². The molecule has 0 amide bonds. The second kappa shape index (κ2) is 3.77. The second-order valence-corrected chi connectivity index (χ2v) is 4.43. The predicted molar refractivity (Wildman–Crippen MR) is 59.4 cm³/mol. The van der Waals surface area contributed by atoms with Gasteiger partial charge in [0.1, 0.15) is 0 Å². The van der Waals surface area contributed by atoms with Crippen LogP contribution in [0.4, 0.5) is 0 Å². The zero-order chi connectivity index (χ0) is 10.1. The maximum Gasteiger partial charge on any atom is 0.0365 e. The molecule has 1 aliphatic heterocycles. The van der Waals surface area contributed by atoms with E-state index in [-0.39, 0.29) is 0 Å². The summed E-state index contributed by atoms with van der Waals surface area (Å²) in [5.41, 5.74) is 2.97. The van der Waals surface area contributed by atoms with Crippen LogP contribution in [0.2, 0.25) is 0 Å². The van der Waals surface area contributed by atoms with Crippen LogP contribution in [0.15, 0.2) is 12.3 Å². The van der Waals surface area contributed by atoms with Crippen molar-refractivity contribution in [3.05, 3.63) is 23.5 Å². The van der Waals surface area contributed by atoms with Gasteiger partial charge in [0.2, 0.25) is 0 Å². The minimum Gasteiger partial charge on any atom is -0.365 e. The molecule has 0 aromatic carbocycles. The van der Waals surface area contributed by atoms with Crippen molar-refractivity contribution in [2.45, 2.75) is 45.2 Å². The first kappa shape index (κ1) is 9.78. The Labute approximate surface area is 86.3 Å². The summed E-state index contributed by atoms with van der Waals surface area (Å²) in [4.78, 5) is 5.88. The number of likely N-dealkylation sites (N-methyl/N-ethyl adjacent to an activating group) is 1. The first-order valence-corrected chi connectivity index (χ1v) is 5.62. The summed E-state index contributed by atoms with van der Waals surface area (Å²) >= 11 is 0. The van der Waals surface area contributed by atoms with Crippen LogP contribution < -0.4 is 0 Å². The summed E-state index contributed by atoms with van der Waals surface area (Å²) < 4.78 is 0. The number of hydrogen-bond acceptors (Lipinski definition) is 1. The van der Waals surface area contributed by atoms with Crippen molar-refractivity contribution in [3.63, 3.8) is 0 Å². The summed E-state index contributed by atoms with van der Waals surface area (Å²) in [6.45, 7) is 4.58. The third kappa shape index (κ3) is 1.48. The third-order valence-corrected chi connectivity index (χ3v) is 3.48. The molecule has 2 unspecified atom stereocenters. The molecule has 0 radical (unpaired) electrons. The van der Waals surface area contributed by atoms with Gasteiger partial charge in [0.15, 0.2) is 0 Å². The highest BCUT2D eigenvalue weighted by Crippen LogP contribution is 2.33. The molecule has 0 fully saturated rings. The number of aromatic amines is 1. The highest BCUT2D eigenvalue weighted by molar-refractivity contribution is 5.28. The molecule has 0 aliphatic carbocycles. The van der Waals surface area contributed by atoms with Gasteiger partial charge in [-0.3, -0.25) is 4.90 Å². The van der Waals surface area contributed by atoms with Crippen LogP contribution in [0.1, 0.15) is 44.0 Å². The zero-order valence-electron chi connectivity index (χ0n) is 9.38. The fraction of sp³-hybridized carbons (Fsp3) is 0.667. The van der Waals surface area contributed by atoms with Gasteiger partial charge in [-0.15, -0.1) is 0 Å². The number of H-pyrrole nitrogens is 1. The van der Waals surface area contributed by atoms with E-state index in [9.17, 15) is 0 Å². The quantitative estimate of drug-likeness (QED) is 0.763. The first-order chi connectivity index (χ1) is 6.74. The number of fused-ring (bicyclic) bond motifs is 1. The lowest BCUT2D eigenvalue weighted by atomic mass is 9.92. The molecule has 1 aromatic heterocycles. The van der Waals surface area contributed by atoms with Crippen LogP contribution >= 0.6 is 0 Å². The number of aromatic nitrogens is 1. The zero-order valence-corrected chi connectivity index (χ0v) is 9.38. The van der Waals surface area contributed by atoms with E-state index in [1.54, 1.807) is 0 Å². The molecule has 2 rings (SSSR count). The van der Waals surface area contributed by atoms with Gasteiger partial charge in [0.05, 0.1) is 0 Å². The van der Waals surface area contributed by atoms with Gasteiger partial charge in [-0.05, 0) is 32.0 Å². The van der Waals surface area contributed by atoms with Crippen LogP contribution in [0.3, 0.4) is 0 Å². The van der Waals surface area contributed by atoms with Gasteiger partial charge >= 0.3 is 0 Å². The molecule has 1 aliphatic rings. The van der Waals surface area contributed by atoms with E-state index in [2.05, 4.69) is 43.0 Å². The lowest BCUT2D eigenvalue weighted by Crippen LogP contribution is -2.38. The summed E-state index contributed by atoms with van der Waals surface area (Å²) in [6, 6.07) is 3.54. The van der Waals surface area contributed by atoms with E-state index >= 15 is 0 Å². The van der Waals surface area contributed by atoms with Gasteiger partial charge in [0, 0.05) is 30.4 Å². The number of nitrogens with one attached hydrogen (secondary N) is 1. The normalized spacial score (nSPS) is 27.6. The first-order valence-electron chi connectivity index (χ1n) is 5.62. The van der Waals surface area contributed by atoms with E-state index in [0.717, 1.165) is 0 Å². The number of nitrogens with zero attached hydrogens (tertiary/aromatic N) is 1. The summed E-state index contributed by atoms with van der Waals surface area (Å²) in [7, 11) is 2.25. The van der Waals surface area contributed by atoms with Crippen molar-refractivity contribution >= 4 is 0 Å². The van der Waals surface area contributed by atoms with Crippen molar-refractivity contribution in [1.82, 2.24) is 9.88 Å². The molecule has 0 bridgehead atoms. The SMILES string of the molecule is CCCC1c2cc[nH]c2CC(C)N1C. The van der Waals surface area contributed by atoms with Crippen LogP contribution in [-0.2, 0) is 6.42 Å². The Kier molecular flexibility index (Phi) is 2.64. The Bertz CT molecular complexity index is 303. The molecule has 1 aromatic rings. The van der Waals surface area contributed by atoms with Gasteiger partial charge in [0.25, 0.3) is 0 Å². The lowest BCUT2D eigenvalue weighted by molar-refractivity contribution is 0.157. The van der Waals surface area contributed by atoms with Crippen molar-refractivity contribution in [2.24, 2.45) is 0 Å². The molecule has 1 N–H and O–H groups in total. The highest BCUT2D eigenvalue weighted by atomic mass is 15.2. The third-order valence-electron chi connectivity index (χ3n) is 3.48. The van der Waals surface area contributed by atoms with Crippen LogP contribution in [0.25, 0.3) is 0 Å². The largest absolute Gasteiger partial charge is 0.365 e. The molecule has 0 saturated heterocycles. The number of rotatable bonds is 2. The fourth-order valence-electron chi connectivity index (χ4n) is 2.50. The molecule has 14 heavy (non-hydrogen) atoms. The van der Waals surface area contributed by atoms with Crippen LogP contribution in [0, 0.1) is 0 Å². The monoisotopic (exact) mass is 192 g/mol. The minimum absolute atomic E-state index is 0.630. The summed E-state index contributed by atoms with van der Waals surface area (Å²) in [5.74, 6) is 0. The summed E-state index contributed by atoms with van der Waals surface area (Å²) in [5, 5.41) is 0. The second-order valence-electron chi connectivity index (χ2n) is 4.43. The molecule has 2 heteroatoms. The summed E-state index contributed by atoms with van der Waals surface area (Å²) in [6.07, 6.45) is 5.77. The lowest BCUT2D eigenvalue weighted by Gasteiger charge is -2.37. The smallest absolute Gasteiger partial charge is 0.0365 e. The molecule has 0 saturated carbocycles. The Morgan fingerprint density at radius 3 is 3.07 bits per heavy atom. The van der Waals surface area contributed by atoms with Crippen LogP contribution in [-0.4, -0.2) is 23.0 Å². The maximum absolute atomic E-state index is 3.37. The topological polar surface area (TPSA) is 19.0 Å². The number of hydrogen-bond donors (Lipinski definition) is 1. The Hall–Kier alpha value is -0.760.